The topological polar surface area (TPSA) is 12.0 Å². The van der Waals surface area contributed by atoms with E-state index < -0.39 is 0 Å². The Hall–Kier alpha value is -0.530. The lowest BCUT2D eigenvalue weighted by molar-refractivity contribution is 0.277. The van der Waals surface area contributed by atoms with Crippen LogP contribution < -0.4 is 5.32 Å². The number of hydrogen-bond donors (Lipinski definition) is 1. The normalized spacial score (nSPS) is 14.6. The van der Waals surface area contributed by atoms with Crippen LogP contribution in [0, 0.1) is 5.41 Å². The molecule has 96 valence electrons. The van der Waals surface area contributed by atoms with E-state index in [2.05, 4.69) is 38.2 Å². The lowest BCUT2D eigenvalue weighted by atomic mass is 9.79. The molecule has 17 heavy (non-hydrogen) atoms. The van der Waals surface area contributed by atoms with E-state index in [1.54, 1.807) is 0 Å². The highest BCUT2D eigenvalue weighted by Gasteiger charge is 2.23. The SMILES string of the molecule is CCCC(C)(CNCC)Cc1cccc(Cl)c1. The quantitative estimate of drug-likeness (QED) is 0.764. The van der Waals surface area contributed by atoms with Crippen molar-refractivity contribution in [2.45, 2.75) is 40.0 Å². The van der Waals surface area contributed by atoms with Gasteiger partial charge in [0.15, 0.2) is 0 Å². The molecular weight excluding hydrogens is 230 g/mol. The van der Waals surface area contributed by atoms with Crippen LogP contribution in [0.3, 0.4) is 0 Å². The van der Waals surface area contributed by atoms with Gasteiger partial charge in [-0.25, -0.2) is 0 Å². The molecule has 0 aliphatic heterocycles. The van der Waals surface area contributed by atoms with Crippen molar-refractivity contribution in [3.05, 3.63) is 34.9 Å². The van der Waals surface area contributed by atoms with E-state index in [-0.39, 0.29) is 0 Å². The van der Waals surface area contributed by atoms with Crippen molar-refractivity contribution in [3.8, 4) is 0 Å². The Morgan fingerprint density at radius 2 is 2.06 bits per heavy atom. The monoisotopic (exact) mass is 253 g/mol. The number of benzene rings is 1. The first-order valence-electron chi connectivity index (χ1n) is 6.55. The van der Waals surface area contributed by atoms with Gasteiger partial charge in [-0.2, -0.15) is 0 Å². The smallest absolute Gasteiger partial charge is 0.0408 e. The average molecular weight is 254 g/mol. The van der Waals surface area contributed by atoms with E-state index in [1.165, 1.54) is 18.4 Å². The Kier molecular flexibility index (Phi) is 6.01. The van der Waals surface area contributed by atoms with E-state index in [1.807, 2.05) is 12.1 Å². The summed E-state index contributed by atoms with van der Waals surface area (Å²) in [6, 6.07) is 8.23. The summed E-state index contributed by atoms with van der Waals surface area (Å²) < 4.78 is 0. The van der Waals surface area contributed by atoms with Gasteiger partial charge in [-0.3, -0.25) is 0 Å². The van der Waals surface area contributed by atoms with Crippen LogP contribution in [0.25, 0.3) is 0 Å². The van der Waals surface area contributed by atoms with Crippen LogP contribution >= 0.6 is 11.6 Å². The third kappa shape index (κ3) is 5.10. The summed E-state index contributed by atoms with van der Waals surface area (Å²) in [4.78, 5) is 0. The van der Waals surface area contributed by atoms with Crippen molar-refractivity contribution in [2.75, 3.05) is 13.1 Å². The molecule has 0 amide bonds. The number of nitrogens with one attached hydrogen (secondary N) is 1. The van der Waals surface area contributed by atoms with Crippen LogP contribution in [-0.2, 0) is 6.42 Å². The third-order valence-corrected chi connectivity index (χ3v) is 3.41. The van der Waals surface area contributed by atoms with Crippen LogP contribution in [-0.4, -0.2) is 13.1 Å². The van der Waals surface area contributed by atoms with Crippen molar-refractivity contribution in [1.82, 2.24) is 5.32 Å². The fourth-order valence-electron chi connectivity index (χ4n) is 2.41. The second kappa shape index (κ2) is 7.03. The molecule has 0 saturated heterocycles. The molecule has 0 aliphatic rings. The molecule has 2 heteroatoms. The van der Waals surface area contributed by atoms with Gasteiger partial charge in [-0.05, 0) is 42.5 Å². The third-order valence-electron chi connectivity index (χ3n) is 3.18. The molecule has 1 N–H and O–H groups in total. The minimum absolute atomic E-state index is 0.329. The molecule has 1 rings (SSSR count). The Balaban J connectivity index is 2.71. The summed E-state index contributed by atoms with van der Waals surface area (Å²) in [5.41, 5.74) is 1.67. The first kappa shape index (κ1) is 14.5. The zero-order valence-electron chi connectivity index (χ0n) is 11.2. The van der Waals surface area contributed by atoms with E-state index in [9.17, 15) is 0 Å². The van der Waals surface area contributed by atoms with Crippen molar-refractivity contribution in [3.63, 3.8) is 0 Å². The van der Waals surface area contributed by atoms with E-state index in [0.717, 1.165) is 24.5 Å². The van der Waals surface area contributed by atoms with Crippen LogP contribution in [0.1, 0.15) is 39.2 Å². The fraction of sp³-hybridized carbons (Fsp3) is 0.600. The van der Waals surface area contributed by atoms with Crippen LogP contribution in [0.2, 0.25) is 5.02 Å². The van der Waals surface area contributed by atoms with Gasteiger partial charge in [-0.15, -0.1) is 0 Å². The molecule has 0 fully saturated rings. The average Bonchev–Trinajstić information content (AvgIpc) is 2.27. The highest BCUT2D eigenvalue weighted by atomic mass is 35.5. The summed E-state index contributed by atoms with van der Waals surface area (Å²) in [5, 5.41) is 4.31. The predicted octanol–water partition coefficient (Wildman–Crippen LogP) is 4.30. The second-order valence-electron chi connectivity index (χ2n) is 5.15. The molecular formula is C15H24ClN. The number of halogens is 1. The molecule has 0 heterocycles. The number of rotatable bonds is 7. The van der Waals surface area contributed by atoms with Gasteiger partial charge < -0.3 is 5.32 Å². The van der Waals surface area contributed by atoms with Gasteiger partial charge in [0.1, 0.15) is 0 Å². The summed E-state index contributed by atoms with van der Waals surface area (Å²) in [6.45, 7) is 8.88. The fourth-order valence-corrected chi connectivity index (χ4v) is 2.62. The molecule has 1 aromatic rings. The maximum Gasteiger partial charge on any atom is 0.0408 e. The summed E-state index contributed by atoms with van der Waals surface area (Å²) in [7, 11) is 0. The van der Waals surface area contributed by atoms with Crippen LogP contribution in [0.15, 0.2) is 24.3 Å². The highest BCUT2D eigenvalue weighted by Crippen LogP contribution is 2.28. The Morgan fingerprint density at radius 1 is 1.29 bits per heavy atom. The summed E-state index contributed by atoms with van der Waals surface area (Å²) in [5.74, 6) is 0. The van der Waals surface area contributed by atoms with Gasteiger partial charge in [0.2, 0.25) is 0 Å². The predicted molar refractivity (Wildman–Crippen MR) is 76.7 cm³/mol. The maximum absolute atomic E-state index is 6.04. The first-order valence-corrected chi connectivity index (χ1v) is 6.92. The molecule has 0 aliphatic carbocycles. The Labute approximate surface area is 111 Å². The minimum atomic E-state index is 0.329. The maximum atomic E-state index is 6.04. The summed E-state index contributed by atoms with van der Waals surface area (Å²) >= 11 is 6.04. The van der Waals surface area contributed by atoms with Gasteiger partial charge in [0.25, 0.3) is 0 Å². The van der Waals surface area contributed by atoms with Crippen LogP contribution in [0.4, 0.5) is 0 Å². The Morgan fingerprint density at radius 3 is 2.65 bits per heavy atom. The van der Waals surface area contributed by atoms with Crippen molar-refractivity contribution in [1.29, 1.82) is 0 Å². The van der Waals surface area contributed by atoms with Crippen molar-refractivity contribution in [2.24, 2.45) is 5.41 Å². The summed E-state index contributed by atoms with van der Waals surface area (Å²) in [6.07, 6.45) is 3.56. The lowest BCUT2D eigenvalue weighted by Crippen LogP contribution is -2.33. The highest BCUT2D eigenvalue weighted by molar-refractivity contribution is 6.30. The molecule has 0 bridgehead atoms. The van der Waals surface area contributed by atoms with Crippen molar-refractivity contribution >= 4 is 11.6 Å². The van der Waals surface area contributed by atoms with Crippen LogP contribution in [0.5, 0.6) is 0 Å². The Bertz CT molecular complexity index is 337. The van der Waals surface area contributed by atoms with Gasteiger partial charge >= 0.3 is 0 Å². The van der Waals surface area contributed by atoms with E-state index in [4.69, 9.17) is 11.6 Å². The first-order chi connectivity index (χ1) is 8.09. The van der Waals surface area contributed by atoms with Gasteiger partial charge in [0.05, 0.1) is 0 Å². The molecule has 0 aromatic heterocycles. The largest absolute Gasteiger partial charge is 0.316 e. The standard InChI is InChI=1S/C15H24ClN/c1-4-9-15(3,12-17-5-2)11-13-7-6-8-14(16)10-13/h6-8,10,17H,4-5,9,11-12H2,1-3H3. The molecule has 0 saturated carbocycles. The zero-order chi connectivity index (χ0) is 12.7. The molecule has 1 nitrogen and oxygen atoms in total. The molecule has 1 atom stereocenters. The van der Waals surface area contributed by atoms with Gasteiger partial charge in [-0.1, -0.05) is 50.9 Å². The second-order valence-corrected chi connectivity index (χ2v) is 5.58. The lowest BCUT2D eigenvalue weighted by Gasteiger charge is -2.30. The van der Waals surface area contributed by atoms with E-state index >= 15 is 0 Å². The van der Waals surface area contributed by atoms with E-state index in [0.29, 0.717) is 5.41 Å². The minimum Gasteiger partial charge on any atom is -0.316 e. The van der Waals surface area contributed by atoms with Crippen molar-refractivity contribution < 1.29 is 0 Å². The van der Waals surface area contributed by atoms with Gasteiger partial charge in [0, 0.05) is 11.6 Å². The molecule has 0 radical (unpaired) electrons. The molecule has 1 aromatic carbocycles. The molecule has 1 unspecified atom stereocenters. The zero-order valence-corrected chi connectivity index (χ0v) is 12.0. The number of hydrogen-bond acceptors (Lipinski definition) is 1. The molecule has 0 spiro atoms.